The smallest absolute Gasteiger partial charge is 0.362 e. The molecule has 0 fully saturated rings. The minimum absolute atomic E-state index is 0.332. The summed E-state index contributed by atoms with van der Waals surface area (Å²) < 4.78 is 43.7. The minimum atomic E-state index is -4.47. The lowest BCUT2D eigenvalue weighted by molar-refractivity contribution is -0.174. The summed E-state index contributed by atoms with van der Waals surface area (Å²) in [6.07, 6.45) is 0.510. The molecule has 0 spiro atoms. The molecule has 10 heteroatoms. The molecule has 0 aliphatic heterocycles. The molecule has 3 aromatic rings. The Hall–Kier alpha value is -3.14. The summed E-state index contributed by atoms with van der Waals surface area (Å²) in [5.74, 6) is -0.343. The van der Waals surface area contributed by atoms with Crippen molar-refractivity contribution in [3.05, 3.63) is 60.6 Å². The van der Waals surface area contributed by atoms with Crippen LogP contribution in [0, 0.1) is 0 Å². The van der Waals surface area contributed by atoms with Crippen molar-refractivity contribution in [3.63, 3.8) is 0 Å². The Morgan fingerprint density at radius 3 is 2.67 bits per heavy atom. The van der Waals surface area contributed by atoms with Gasteiger partial charge in [0.25, 0.3) is 5.91 Å². The number of ether oxygens (including phenoxy) is 1. The van der Waals surface area contributed by atoms with Gasteiger partial charge in [0.2, 0.25) is 0 Å². The molecule has 2 aromatic heterocycles. The summed E-state index contributed by atoms with van der Waals surface area (Å²) in [7, 11) is 0. The van der Waals surface area contributed by atoms with Gasteiger partial charge >= 0.3 is 6.18 Å². The summed E-state index contributed by atoms with van der Waals surface area (Å²) in [6.45, 7) is -1.84. The van der Waals surface area contributed by atoms with Gasteiger partial charge in [-0.05, 0) is 12.1 Å². The predicted octanol–water partition coefficient (Wildman–Crippen LogP) is 2.63. The third-order valence-corrected chi connectivity index (χ3v) is 3.47. The van der Waals surface area contributed by atoms with E-state index in [1.165, 1.54) is 10.9 Å². The van der Waals surface area contributed by atoms with Crippen LogP contribution in [0.25, 0.3) is 5.69 Å². The van der Waals surface area contributed by atoms with Crippen LogP contribution in [0.1, 0.15) is 5.56 Å². The van der Waals surface area contributed by atoms with E-state index in [9.17, 15) is 18.0 Å². The van der Waals surface area contributed by atoms with Gasteiger partial charge in [0, 0.05) is 17.8 Å². The number of benzene rings is 1. The summed E-state index contributed by atoms with van der Waals surface area (Å²) in [6, 6.07) is 11.1. The third-order valence-electron chi connectivity index (χ3n) is 3.47. The number of carbonyl (C=O) groups excluding carboxylic acids is 1. The fraction of sp³-hybridized carbons (Fsp3) is 0.235. The zero-order valence-electron chi connectivity index (χ0n) is 14.1. The number of hydrogen-bond acceptors (Lipinski definition) is 4. The van der Waals surface area contributed by atoms with Gasteiger partial charge < -0.3 is 10.1 Å². The number of hydrogen-bond donors (Lipinski definition) is 1. The average Bonchev–Trinajstić information content (AvgIpc) is 3.25. The van der Waals surface area contributed by atoms with Gasteiger partial charge in [-0.25, -0.2) is 9.36 Å². The van der Waals surface area contributed by atoms with Crippen LogP contribution in [0.2, 0.25) is 0 Å². The number of nitrogens with one attached hydrogen (secondary N) is 1. The van der Waals surface area contributed by atoms with Crippen LogP contribution in [0.4, 0.5) is 19.0 Å². The maximum atomic E-state index is 12.0. The van der Waals surface area contributed by atoms with Gasteiger partial charge in [-0.2, -0.15) is 23.4 Å². The van der Waals surface area contributed by atoms with E-state index in [0.29, 0.717) is 12.4 Å². The van der Waals surface area contributed by atoms with E-state index in [0.717, 1.165) is 11.3 Å². The standard InChI is InChI=1S/C17H16F3N5O2/c18-17(19,20)12-27-11-16(26)23-15-6-7-21-25(15)10-13-8-22-24(9-13)14-4-2-1-3-5-14/h1-9H,10-12H2,(H,23,26). The molecule has 142 valence electrons. The van der Waals surface area contributed by atoms with Gasteiger partial charge in [-0.15, -0.1) is 0 Å². The lowest BCUT2D eigenvalue weighted by Crippen LogP contribution is -2.25. The molecule has 0 atom stereocenters. The van der Waals surface area contributed by atoms with Crippen molar-refractivity contribution in [2.75, 3.05) is 18.5 Å². The van der Waals surface area contributed by atoms with Crippen LogP contribution in [0.5, 0.6) is 0 Å². The number of nitrogens with zero attached hydrogens (tertiary/aromatic N) is 4. The first-order valence-electron chi connectivity index (χ1n) is 7.96. The van der Waals surface area contributed by atoms with Crippen LogP contribution in [-0.4, -0.2) is 44.9 Å². The Morgan fingerprint density at radius 2 is 1.93 bits per heavy atom. The van der Waals surface area contributed by atoms with Crippen molar-refractivity contribution in [1.29, 1.82) is 0 Å². The van der Waals surface area contributed by atoms with E-state index in [1.807, 2.05) is 36.5 Å². The van der Waals surface area contributed by atoms with E-state index in [2.05, 4.69) is 20.3 Å². The maximum Gasteiger partial charge on any atom is 0.411 e. The average molecular weight is 379 g/mol. The summed E-state index contributed by atoms with van der Waals surface area (Å²) >= 11 is 0. The third kappa shape index (κ3) is 5.42. The summed E-state index contributed by atoms with van der Waals surface area (Å²) in [5.41, 5.74) is 1.74. The highest BCUT2D eigenvalue weighted by molar-refractivity contribution is 5.90. The number of amides is 1. The van der Waals surface area contributed by atoms with Crippen LogP contribution >= 0.6 is 0 Å². The lowest BCUT2D eigenvalue weighted by Gasteiger charge is -2.09. The van der Waals surface area contributed by atoms with Crippen molar-refractivity contribution < 1.29 is 22.7 Å². The van der Waals surface area contributed by atoms with Crippen molar-refractivity contribution in [1.82, 2.24) is 19.6 Å². The molecule has 7 nitrogen and oxygen atoms in total. The number of aromatic nitrogens is 4. The molecular weight excluding hydrogens is 363 g/mol. The Balaban J connectivity index is 1.59. The quantitative estimate of drug-likeness (QED) is 0.685. The van der Waals surface area contributed by atoms with Crippen molar-refractivity contribution in [3.8, 4) is 5.69 Å². The predicted molar refractivity (Wildman–Crippen MR) is 90.4 cm³/mol. The maximum absolute atomic E-state index is 12.0. The Bertz CT molecular complexity index is 889. The second-order valence-electron chi connectivity index (χ2n) is 5.66. The normalized spacial score (nSPS) is 11.5. The number of alkyl halides is 3. The fourth-order valence-electron chi connectivity index (χ4n) is 2.34. The van der Waals surface area contributed by atoms with Gasteiger partial charge in [0.15, 0.2) is 0 Å². The highest BCUT2D eigenvalue weighted by atomic mass is 19.4. The second kappa shape index (κ2) is 8.04. The van der Waals surface area contributed by atoms with E-state index in [-0.39, 0.29) is 0 Å². The number of carbonyl (C=O) groups is 1. The summed E-state index contributed by atoms with van der Waals surface area (Å²) in [5, 5.41) is 10.9. The molecule has 0 unspecified atom stereocenters. The molecule has 0 aliphatic rings. The molecule has 1 amide bonds. The number of halogens is 3. The molecule has 0 radical (unpaired) electrons. The Morgan fingerprint density at radius 1 is 1.15 bits per heavy atom. The molecule has 3 rings (SSSR count). The molecule has 2 heterocycles. The highest BCUT2D eigenvalue weighted by Crippen LogP contribution is 2.15. The fourth-order valence-corrected chi connectivity index (χ4v) is 2.34. The molecule has 0 saturated carbocycles. The van der Waals surface area contributed by atoms with E-state index in [1.54, 1.807) is 16.9 Å². The second-order valence-corrected chi connectivity index (χ2v) is 5.66. The monoisotopic (exact) mass is 379 g/mol. The van der Waals surface area contributed by atoms with Crippen LogP contribution in [0.3, 0.4) is 0 Å². The molecule has 1 N–H and O–H groups in total. The molecule has 1 aromatic carbocycles. The lowest BCUT2D eigenvalue weighted by atomic mass is 10.3. The highest BCUT2D eigenvalue weighted by Gasteiger charge is 2.27. The molecule has 0 aliphatic carbocycles. The van der Waals surface area contributed by atoms with E-state index >= 15 is 0 Å². The first-order chi connectivity index (χ1) is 12.9. The molecule has 0 bridgehead atoms. The molecule has 27 heavy (non-hydrogen) atoms. The van der Waals surface area contributed by atoms with Crippen LogP contribution < -0.4 is 5.32 Å². The molecule has 0 saturated heterocycles. The zero-order valence-corrected chi connectivity index (χ0v) is 14.1. The van der Waals surface area contributed by atoms with E-state index < -0.39 is 25.3 Å². The van der Waals surface area contributed by atoms with Crippen molar-refractivity contribution in [2.45, 2.75) is 12.7 Å². The number of anilines is 1. The van der Waals surface area contributed by atoms with E-state index in [4.69, 9.17) is 0 Å². The zero-order chi connectivity index (χ0) is 19.3. The molecular formula is C17H16F3N5O2. The topological polar surface area (TPSA) is 74.0 Å². The largest absolute Gasteiger partial charge is 0.411 e. The van der Waals surface area contributed by atoms with Gasteiger partial charge in [-0.1, -0.05) is 18.2 Å². The van der Waals surface area contributed by atoms with Crippen LogP contribution in [0.15, 0.2) is 55.0 Å². The van der Waals surface area contributed by atoms with Crippen molar-refractivity contribution in [2.24, 2.45) is 0 Å². The number of rotatable bonds is 7. The van der Waals surface area contributed by atoms with Crippen molar-refractivity contribution >= 4 is 11.7 Å². The Labute approximate surface area is 152 Å². The van der Waals surface area contributed by atoms with Gasteiger partial charge in [0.05, 0.1) is 24.6 Å². The summed E-state index contributed by atoms with van der Waals surface area (Å²) in [4.78, 5) is 11.7. The first kappa shape index (κ1) is 18.6. The number of para-hydroxylation sites is 1. The van der Waals surface area contributed by atoms with Gasteiger partial charge in [0.1, 0.15) is 19.0 Å². The SMILES string of the molecule is O=C(COCC(F)(F)F)Nc1ccnn1Cc1cnn(-c2ccccc2)c1. The minimum Gasteiger partial charge on any atom is -0.362 e. The van der Waals surface area contributed by atoms with Crippen LogP contribution in [-0.2, 0) is 16.1 Å². The Kier molecular flexibility index (Phi) is 5.55. The van der Waals surface area contributed by atoms with Gasteiger partial charge in [-0.3, -0.25) is 4.79 Å². The first-order valence-corrected chi connectivity index (χ1v) is 7.96.